The predicted octanol–water partition coefficient (Wildman–Crippen LogP) is 4.15. The first kappa shape index (κ1) is 17.3. The summed E-state index contributed by atoms with van der Waals surface area (Å²) in [5, 5.41) is 0. The van der Waals surface area contributed by atoms with Crippen molar-refractivity contribution in [1.29, 1.82) is 0 Å². The molecule has 1 aliphatic carbocycles. The lowest BCUT2D eigenvalue weighted by atomic mass is 10.1. The van der Waals surface area contributed by atoms with Crippen molar-refractivity contribution >= 4 is 28.9 Å². The van der Waals surface area contributed by atoms with E-state index in [1.807, 2.05) is 30.3 Å². The van der Waals surface area contributed by atoms with E-state index in [2.05, 4.69) is 0 Å². The maximum atomic E-state index is 12.8. The third-order valence-electron chi connectivity index (χ3n) is 5.23. The topological polar surface area (TPSA) is 46.6 Å². The molecule has 1 aliphatic heterocycles. The molecule has 1 amide bonds. The summed E-state index contributed by atoms with van der Waals surface area (Å²) in [6.07, 6.45) is 5.78. The second-order valence-corrected chi connectivity index (χ2v) is 8.17. The van der Waals surface area contributed by atoms with Gasteiger partial charge in [0.2, 0.25) is 0 Å². The fourth-order valence-corrected chi connectivity index (χ4v) is 4.96. The summed E-state index contributed by atoms with van der Waals surface area (Å²) < 4.78 is 5.51. The smallest absolute Gasteiger partial charge is 0.349 e. The van der Waals surface area contributed by atoms with Crippen LogP contribution in [0, 0.1) is 0 Å². The van der Waals surface area contributed by atoms with Gasteiger partial charge in [0.25, 0.3) is 5.91 Å². The number of carbonyl (C=O) groups is 2. The van der Waals surface area contributed by atoms with E-state index in [-0.39, 0.29) is 11.9 Å². The number of hydrogen-bond donors (Lipinski definition) is 0. The standard InChI is InChI=1S/C21H23NO3S/c1-14(20(23)22-12-11-15-7-5-6-9-17(15)22)25-21(24)19-13-16-8-3-2-4-10-18(16)26-19/h5-7,9,13-14H,2-4,8,10-12H2,1H3/t14-/m1/s1. The average Bonchev–Trinajstić information content (AvgIpc) is 3.19. The third-order valence-corrected chi connectivity index (χ3v) is 6.45. The van der Waals surface area contributed by atoms with Crippen molar-refractivity contribution < 1.29 is 14.3 Å². The van der Waals surface area contributed by atoms with Gasteiger partial charge in [0.1, 0.15) is 4.88 Å². The second-order valence-electron chi connectivity index (χ2n) is 7.04. The Morgan fingerprint density at radius 3 is 2.77 bits per heavy atom. The number of carbonyl (C=O) groups excluding carboxylic acids is 2. The Bertz CT molecular complexity index is 818. The molecule has 0 saturated heterocycles. The van der Waals surface area contributed by atoms with Crippen molar-refractivity contribution in [3.8, 4) is 0 Å². The zero-order valence-corrected chi connectivity index (χ0v) is 15.8. The highest BCUT2D eigenvalue weighted by molar-refractivity contribution is 7.14. The molecule has 5 heteroatoms. The molecule has 0 radical (unpaired) electrons. The summed E-state index contributed by atoms with van der Waals surface area (Å²) in [5.74, 6) is -0.530. The number of hydrogen-bond acceptors (Lipinski definition) is 4. The molecule has 0 spiro atoms. The van der Waals surface area contributed by atoms with E-state index in [0.29, 0.717) is 11.4 Å². The van der Waals surface area contributed by atoms with Gasteiger partial charge >= 0.3 is 5.97 Å². The van der Waals surface area contributed by atoms with Crippen LogP contribution in [0.15, 0.2) is 30.3 Å². The zero-order valence-electron chi connectivity index (χ0n) is 15.0. The van der Waals surface area contributed by atoms with Crippen molar-refractivity contribution in [2.75, 3.05) is 11.4 Å². The molecule has 0 bridgehead atoms. The number of rotatable bonds is 3. The molecule has 0 unspecified atom stereocenters. The fourth-order valence-electron chi connectivity index (χ4n) is 3.82. The van der Waals surface area contributed by atoms with Gasteiger partial charge in [0.05, 0.1) is 0 Å². The Morgan fingerprint density at radius 1 is 1.08 bits per heavy atom. The van der Waals surface area contributed by atoms with Crippen molar-refractivity contribution in [3.05, 3.63) is 51.2 Å². The van der Waals surface area contributed by atoms with Crippen molar-refractivity contribution in [1.82, 2.24) is 0 Å². The first-order chi connectivity index (χ1) is 12.6. The minimum absolute atomic E-state index is 0.151. The summed E-state index contributed by atoms with van der Waals surface area (Å²) in [6.45, 7) is 2.31. The molecule has 2 heterocycles. The molecule has 1 atom stereocenters. The summed E-state index contributed by atoms with van der Waals surface area (Å²) in [5.41, 5.74) is 3.39. The lowest BCUT2D eigenvalue weighted by Crippen LogP contribution is -2.39. The fraction of sp³-hybridized carbons (Fsp3) is 0.429. The summed E-state index contributed by atoms with van der Waals surface area (Å²) in [4.78, 5) is 29.0. The third kappa shape index (κ3) is 3.28. The van der Waals surface area contributed by atoms with E-state index in [1.54, 1.807) is 11.8 Å². The number of benzene rings is 1. The highest BCUT2D eigenvalue weighted by atomic mass is 32.1. The molecular formula is C21H23NO3S. The highest BCUT2D eigenvalue weighted by Crippen LogP contribution is 2.31. The number of para-hydroxylation sites is 1. The van der Waals surface area contributed by atoms with Crippen LogP contribution in [0.2, 0.25) is 0 Å². The number of esters is 1. The number of fused-ring (bicyclic) bond motifs is 2. The number of thiophene rings is 1. The monoisotopic (exact) mass is 369 g/mol. The molecular weight excluding hydrogens is 346 g/mol. The maximum absolute atomic E-state index is 12.8. The van der Waals surface area contributed by atoms with Crippen LogP contribution in [-0.4, -0.2) is 24.5 Å². The first-order valence-electron chi connectivity index (χ1n) is 9.35. The minimum atomic E-state index is -0.782. The molecule has 4 rings (SSSR count). The van der Waals surface area contributed by atoms with Crippen molar-refractivity contribution in [2.24, 2.45) is 0 Å². The van der Waals surface area contributed by atoms with Gasteiger partial charge < -0.3 is 9.64 Å². The van der Waals surface area contributed by atoms with Gasteiger partial charge in [0, 0.05) is 17.1 Å². The molecule has 0 fully saturated rings. The molecule has 4 nitrogen and oxygen atoms in total. The van der Waals surface area contributed by atoms with Crippen LogP contribution in [0.25, 0.3) is 0 Å². The van der Waals surface area contributed by atoms with Gasteiger partial charge in [-0.3, -0.25) is 4.79 Å². The quantitative estimate of drug-likeness (QED) is 0.603. The number of ether oxygens (including phenoxy) is 1. The van der Waals surface area contributed by atoms with Gasteiger partial charge in [-0.15, -0.1) is 11.3 Å². The normalized spacial score (nSPS) is 17.2. The number of anilines is 1. The van der Waals surface area contributed by atoms with Crippen LogP contribution < -0.4 is 4.90 Å². The number of amides is 1. The van der Waals surface area contributed by atoms with Gasteiger partial charge in [-0.1, -0.05) is 24.6 Å². The SMILES string of the molecule is C[C@@H](OC(=O)c1cc2c(s1)CCCCC2)C(=O)N1CCc2ccccc21. The number of nitrogens with zero attached hydrogens (tertiary/aromatic N) is 1. The summed E-state index contributed by atoms with van der Waals surface area (Å²) >= 11 is 1.53. The first-order valence-corrected chi connectivity index (χ1v) is 10.2. The van der Waals surface area contributed by atoms with Gasteiger partial charge in [-0.2, -0.15) is 0 Å². The molecule has 1 aromatic heterocycles. The molecule has 0 N–H and O–H groups in total. The van der Waals surface area contributed by atoms with Crippen LogP contribution in [0.3, 0.4) is 0 Å². The van der Waals surface area contributed by atoms with Crippen LogP contribution in [0.5, 0.6) is 0 Å². The Labute approximate surface area is 157 Å². The van der Waals surface area contributed by atoms with Gasteiger partial charge in [-0.05, 0) is 62.3 Å². The minimum Gasteiger partial charge on any atom is -0.448 e. The predicted molar refractivity (Wildman–Crippen MR) is 103 cm³/mol. The van der Waals surface area contributed by atoms with Crippen molar-refractivity contribution in [3.63, 3.8) is 0 Å². The lowest BCUT2D eigenvalue weighted by molar-refractivity contribution is -0.126. The van der Waals surface area contributed by atoms with E-state index < -0.39 is 6.10 Å². The Kier molecular flexibility index (Phi) is 4.81. The van der Waals surface area contributed by atoms with E-state index in [9.17, 15) is 9.59 Å². The van der Waals surface area contributed by atoms with E-state index in [1.165, 1.54) is 46.6 Å². The Hall–Kier alpha value is -2.14. The van der Waals surface area contributed by atoms with Gasteiger partial charge in [-0.25, -0.2) is 4.79 Å². The van der Waals surface area contributed by atoms with Crippen molar-refractivity contribution in [2.45, 2.75) is 51.6 Å². The average molecular weight is 369 g/mol. The molecule has 2 aromatic rings. The molecule has 26 heavy (non-hydrogen) atoms. The van der Waals surface area contributed by atoms with Crippen LogP contribution in [0.1, 0.15) is 51.9 Å². The summed E-state index contributed by atoms with van der Waals surface area (Å²) in [6, 6.07) is 9.87. The van der Waals surface area contributed by atoms with Crippen LogP contribution in [0.4, 0.5) is 5.69 Å². The molecule has 0 saturated carbocycles. The van der Waals surface area contributed by atoms with E-state index in [0.717, 1.165) is 24.9 Å². The summed E-state index contributed by atoms with van der Waals surface area (Å²) in [7, 11) is 0. The highest BCUT2D eigenvalue weighted by Gasteiger charge is 2.30. The van der Waals surface area contributed by atoms with Gasteiger partial charge in [0.15, 0.2) is 6.10 Å². The largest absolute Gasteiger partial charge is 0.448 e. The maximum Gasteiger partial charge on any atom is 0.349 e. The van der Waals surface area contributed by atoms with E-state index in [4.69, 9.17) is 4.74 Å². The lowest BCUT2D eigenvalue weighted by Gasteiger charge is -2.21. The van der Waals surface area contributed by atoms with E-state index >= 15 is 0 Å². The Balaban J connectivity index is 1.44. The molecule has 1 aromatic carbocycles. The Morgan fingerprint density at radius 2 is 1.88 bits per heavy atom. The van der Waals surface area contributed by atoms with Crippen LogP contribution >= 0.6 is 11.3 Å². The second kappa shape index (κ2) is 7.23. The number of aryl methyl sites for hydroxylation is 2. The molecule has 136 valence electrons. The zero-order chi connectivity index (χ0) is 18.1. The van der Waals surface area contributed by atoms with Crippen LogP contribution in [-0.2, 0) is 28.8 Å². The molecule has 2 aliphatic rings.